The standard InChI is InChI=1S/C19H19NO2/c1-10-3-6-14(11(2)9-10)20-17(21)15-12-4-5-13(16(15)18(20)22)19(12)7-8-19/h3-6,9,12-13,15-16H,7-8H2,1-2H3/t12-,13-,15-,16+/m0/s1. The molecule has 4 aliphatic rings. The van der Waals surface area contributed by atoms with E-state index in [1.165, 1.54) is 17.7 Å². The van der Waals surface area contributed by atoms with Gasteiger partial charge in [-0.15, -0.1) is 0 Å². The van der Waals surface area contributed by atoms with E-state index in [-0.39, 0.29) is 29.1 Å². The Morgan fingerprint density at radius 1 is 1.00 bits per heavy atom. The van der Waals surface area contributed by atoms with E-state index in [1.54, 1.807) is 0 Å². The first-order valence-electron chi connectivity index (χ1n) is 8.18. The highest BCUT2D eigenvalue weighted by atomic mass is 16.2. The Hall–Kier alpha value is -1.90. The second-order valence-electron chi connectivity index (χ2n) is 7.52. The molecule has 2 amide bonds. The number of amides is 2. The molecule has 5 rings (SSSR count). The average molecular weight is 293 g/mol. The van der Waals surface area contributed by atoms with Crippen molar-refractivity contribution in [2.75, 3.05) is 4.90 Å². The summed E-state index contributed by atoms with van der Waals surface area (Å²) in [6, 6.07) is 5.94. The fraction of sp³-hybridized carbons (Fsp3) is 0.474. The predicted molar refractivity (Wildman–Crippen MR) is 83.2 cm³/mol. The Bertz CT molecular complexity index is 725. The van der Waals surface area contributed by atoms with E-state index >= 15 is 0 Å². The molecule has 1 heterocycles. The van der Waals surface area contributed by atoms with E-state index in [9.17, 15) is 9.59 Å². The number of hydrogen-bond acceptors (Lipinski definition) is 2. The molecule has 3 aliphatic carbocycles. The van der Waals surface area contributed by atoms with Crippen molar-refractivity contribution in [1.82, 2.24) is 0 Å². The third-order valence-electron chi connectivity index (χ3n) is 6.45. The minimum absolute atomic E-state index is 0.0325. The monoisotopic (exact) mass is 293 g/mol. The van der Waals surface area contributed by atoms with Crippen molar-refractivity contribution in [3.63, 3.8) is 0 Å². The number of aryl methyl sites for hydroxylation is 2. The van der Waals surface area contributed by atoms with Gasteiger partial charge in [0.25, 0.3) is 0 Å². The molecule has 1 spiro atoms. The van der Waals surface area contributed by atoms with Gasteiger partial charge in [0.1, 0.15) is 0 Å². The van der Waals surface area contributed by atoms with Crippen molar-refractivity contribution in [2.45, 2.75) is 26.7 Å². The van der Waals surface area contributed by atoms with E-state index in [1.807, 2.05) is 32.0 Å². The zero-order chi connectivity index (χ0) is 15.2. The molecule has 2 bridgehead atoms. The Kier molecular flexibility index (Phi) is 2.13. The van der Waals surface area contributed by atoms with Crippen LogP contribution in [0.2, 0.25) is 0 Å². The number of imide groups is 1. The van der Waals surface area contributed by atoms with Crippen molar-refractivity contribution >= 4 is 17.5 Å². The Morgan fingerprint density at radius 3 is 2.09 bits per heavy atom. The van der Waals surface area contributed by atoms with Gasteiger partial charge in [0.2, 0.25) is 11.8 Å². The lowest BCUT2D eigenvalue weighted by molar-refractivity contribution is -0.123. The Balaban J connectivity index is 1.59. The van der Waals surface area contributed by atoms with Gasteiger partial charge in [-0.25, -0.2) is 4.90 Å². The molecule has 0 N–H and O–H groups in total. The lowest BCUT2D eigenvalue weighted by Crippen LogP contribution is -2.35. The van der Waals surface area contributed by atoms with Crippen LogP contribution in [0.5, 0.6) is 0 Å². The highest BCUT2D eigenvalue weighted by Gasteiger charge is 2.73. The van der Waals surface area contributed by atoms with Crippen molar-refractivity contribution < 1.29 is 9.59 Å². The van der Waals surface area contributed by atoms with E-state index in [0.717, 1.165) is 16.8 Å². The van der Waals surface area contributed by atoms with Crippen LogP contribution in [0.25, 0.3) is 0 Å². The molecule has 112 valence electrons. The maximum atomic E-state index is 13.0. The second kappa shape index (κ2) is 3.70. The summed E-state index contributed by atoms with van der Waals surface area (Å²) in [7, 11) is 0. The minimum Gasteiger partial charge on any atom is -0.274 e. The van der Waals surface area contributed by atoms with Crippen molar-refractivity contribution in [3.8, 4) is 0 Å². The van der Waals surface area contributed by atoms with Crippen molar-refractivity contribution in [2.24, 2.45) is 29.1 Å². The number of anilines is 1. The first-order valence-corrected chi connectivity index (χ1v) is 8.18. The number of nitrogens with zero attached hydrogens (tertiary/aromatic N) is 1. The second-order valence-corrected chi connectivity index (χ2v) is 7.52. The molecule has 1 saturated heterocycles. The number of carbonyl (C=O) groups is 2. The van der Waals surface area contributed by atoms with Crippen molar-refractivity contribution in [3.05, 3.63) is 41.5 Å². The highest BCUT2D eigenvalue weighted by molar-refractivity contribution is 6.23. The van der Waals surface area contributed by atoms with Crippen LogP contribution in [0.3, 0.4) is 0 Å². The normalized spacial score (nSPS) is 36.5. The van der Waals surface area contributed by atoms with E-state index < -0.39 is 0 Å². The summed E-state index contributed by atoms with van der Waals surface area (Å²) in [6.07, 6.45) is 6.81. The molecule has 22 heavy (non-hydrogen) atoms. The Labute approximate surface area is 130 Å². The molecule has 2 saturated carbocycles. The summed E-state index contributed by atoms with van der Waals surface area (Å²) >= 11 is 0. The molecule has 3 fully saturated rings. The van der Waals surface area contributed by atoms with Crippen LogP contribution in [0.15, 0.2) is 30.4 Å². The topological polar surface area (TPSA) is 37.4 Å². The quantitative estimate of drug-likeness (QED) is 0.589. The first kappa shape index (κ1) is 12.6. The summed E-state index contributed by atoms with van der Waals surface area (Å²) in [6.45, 7) is 4.01. The van der Waals surface area contributed by atoms with Crippen LogP contribution in [-0.4, -0.2) is 11.8 Å². The van der Waals surface area contributed by atoms with Gasteiger partial charge in [0.15, 0.2) is 0 Å². The van der Waals surface area contributed by atoms with Crippen LogP contribution >= 0.6 is 0 Å². The molecule has 0 unspecified atom stereocenters. The fourth-order valence-electron chi connectivity index (χ4n) is 5.37. The minimum atomic E-state index is -0.106. The number of benzene rings is 1. The third-order valence-corrected chi connectivity index (χ3v) is 6.45. The van der Waals surface area contributed by atoms with Gasteiger partial charge in [0, 0.05) is 0 Å². The lowest BCUT2D eigenvalue weighted by atomic mass is 9.85. The molecule has 1 aromatic rings. The van der Waals surface area contributed by atoms with Crippen LogP contribution in [0, 0.1) is 42.9 Å². The van der Waals surface area contributed by atoms with Crippen LogP contribution in [0.1, 0.15) is 24.0 Å². The SMILES string of the molecule is Cc1ccc(N2C(=O)[C@@H]3[C@H](C2=O)[C@@H]2C=C[C@@H]3C23CC3)c(C)c1. The molecule has 0 aromatic heterocycles. The molecular weight excluding hydrogens is 274 g/mol. The molecule has 0 radical (unpaired) electrons. The van der Waals surface area contributed by atoms with Gasteiger partial charge < -0.3 is 0 Å². The van der Waals surface area contributed by atoms with Gasteiger partial charge >= 0.3 is 0 Å². The zero-order valence-electron chi connectivity index (χ0n) is 12.9. The van der Waals surface area contributed by atoms with Crippen molar-refractivity contribution in [1.29, 1.82) is 0 Å². The largest absolute Gasteiger partial charge is 0.274 e. The van der Waals surface area contributed by atoms with E-state index in [0.29, 0.717) is 11.8 Å². The van der Waals surface area contributed by atoms with Crippen LogP contribution < -0.4 is 4.90 Å². The summed E-state index contributed by atoms with van der Waals surface area (Å²) in [5.41, 5.74) is 3.20. The molecule has 1 aromatic carbocycles. The maximum absolute atomic E-state index is 13.0. The smallest absolute Gasteiger partial charge is 0.238 e. The molecule has 4 atom stereocenters. The third kappa shape index (κ3) is 1.25. The average Bonchev–Trinajstić information content (AvgIpc) is 3.07. The first-order chi connectivity index (χ1) is 10.5. The van der Waals surface area contributed by atoms with Gasteiger partial charge in [-0.3, -0.25) is 9.59 Å². The van der Waals surface area contributed by atoms with Crippen LogP contribution in [0.4, 0.5) is 5.69 Å². The van der Waals surface area contributed by atoms with E-state index in [4.69, 9.17) is 0 Å². The summed E-state index contributed by atoms with van der Waals surface area (Å²) in [5.74, 6) is 0.455. The highest BCUT2D eigenvalue weighted by Crippen LogP contribution is 2.73. The molecular formula is C19H19NO2. The Morgan fingerprint density at radius 2 is 1.59 bits per heavy atom. The number of hydrogen-bond donors (Lipinski definition) is 0. The number of rotatable bonds is 1. The van der Waals surface area contributed by atoms with Gasteiger partial charge in [0.05, 0.1) is 17.5 Å². The lowest BCUT2D eigenvalue weighted by Gasteiger charge is -2.23. The fourth-order valence-corrected chi connectivity index (χ4v) is 5.37. The summed E-state index contributed by atoms with van der Waals surface area (Å²) < 4.78 is 0. The zero-order valence-corrected chi connectivity index (χ0v) is 12.9. The maximum Gasteiger partial charge on any atom is 0.238 e. The van der Waals surface area contributed by atoms with Gasteiger partial charge in [-0.1, -0.05) is 29.8 Å². The van der Waals surface area contributed by atoms with Crippen LogP contribution in [-0.2, 0) is 9.59 Å². The number of fused-ring (bicyclic) bond motifs is 3. The summed E-state index contributed by atoms with van der Waals surface area (Å²) in [5, 5.41) is 0. The number of allylic oxidation sites excluding steroid dienone is 2. The van der Waals surface area contributed by atoms with Gasteiger partial charge in [-0.05, 0) is 55.6 Å². The van der Waals surface area contributed by atoms with Gasteiger partial charge in [-0.2, -0.15) is 0 Å². The van der Waals surface area contributed by atoms with E-state index in [2.05, 4.69) is 12.2 Å². The predicted octanol–water partition coefficient (Wildman–Crippen LogP) is 3.01. The summed E-state index contributed by atoms with van der Waals surface area (Å²) in [4.78, 5) is 27.5. The molecule has 3 nitrogen and oxygen atoms in total. The molecule has 1 aliphatic heterocycles. The molecule has 3 heteroatoms. The number of carbonyl (C=O) groups excluding carboxylic acids is 2.